The summed E-state index contributed by atoms with van der Waals surface area (Å²) in [6.07, 6.45) is 2.82. The molecule has 0 saturated heterocycles. The van der Waals surface area contributed by atoms with Gasteiger partial charge in [-0.2, -0.15) is 0 Å². The van der Waals surface area contributed by atoms with E-state index in [9.17, 15) is 8.42 Å². The molecular weight excluding hydrogens is 276 g/mol. The molecule has 0 fully saturated rings. The summed E-state index contributed by atoms with van der Waals surface area (Å²) in [5.74, 6) is -0.0869. The molecular formula is C14H24N2O3S. The van der Waals surface area contributed by atoms with Crippen molar-refractivity contribution in [1.82, 2.24) is 4.72 Å². The number of sulfonamides is 1. The summed E-state index contributed by atoms with van der Waals surface area (Å²) in [5.41, 5.74) is 6.86. The molecule has 0 amide bonds. The van der Waals surface area contributed by atoms with E-state index >= 15 is 0 Å². The summed E-state index contributed by atoms with van der Waals surface area (Å²) in [5, 5.41) is 0. The smallest absolute Gasteiger partial charge is 0.215 e. The van der Waals surface area contributed by atoms with Crippen molar-refractivity contribution in [1.29, 1.82) is 0 Å². The first kappa shape index (κ1) is 16.9. The molecule has 5 nitrogen and oxygen atoms in total. The fourth-order valence-corrected chi connectivity index (χ4v) is 2.90. The Hall–Kier alpha value is -1.11. The lowest BCUT2D eigenvalue weighted by Crippen LogP contribution is -2.27. The van der Waals surface area contributed by atoms with Crippen LogP contribution in [0.25, 0.3) is 0 Å². The quantitative estimate of drug-likeness (QED) is 0.511. The SMILES string of the molecule is CCCCOCCCNS(=O)(=O)Cc1ccccc1N. The predicted molar refractivity (Wildman–Crippen MR) is 81.8 cm³/mol. The van der Waals surface area contributed by atoms with Crippen molar-refractivity contribution in [3.05, 3.63) is 29.8 Å². The number of hydrogen-bond acceptors (Lipinski definition) is 4. The highest BCUT2D eigenvalue weighted by Gasteiger charge is 2.12. The molecule has 0 spiro atoms. The molecule has 3 N–H and O–H groups in total. The Kier molecular flexibility index (Phi) is 7.58. The third kappa shape index (κ3) is 6.88. The van der Waals surface area contributed by atoms with Crippen LogP contribution in [0.4, 0.5) is 5.69 Å². The maximum Gasteiger partial charge on any atom is 0.215 e. The summed E-state index contributed by atoms with van der Waals surface area (Å²) in [6.45, 7) is 3.81. The first-order chi connectivity index (χ1) is 9.55. The Morgan fingerprint density at radius 3 is 2.60 bits per heavy atom. The molecule has 1 aromatic rings. The molecule has 0 aromatic heterocycles. The van der Waals surface area contributed by atoms with Gasteiger partial charge in [-0.05, 0) is 24.5 Å². The maximum absolute atomic E-state index is 11.9. The number of nitrogen functional groups attached to an aromatic ring is 1. The Balaban J connectivity index is 2.27. The van der Waals surface area contributed by atoms with E-state index in [1.54, 1.807) is 24.3 Å². The fraction of sp³-hybridized carbons (Fsp3) is 0.571. The Bertz CT molecular complexity index is 489. The molecule has 0 aliphatic heterocycles. The number of unbranched alkanes of at least 4 members (excludes halogenated alkanes) is 1. The van der Waals surface area contributed by atoms with Crippen molar-refractivity contribution in [2.24, 2.45) is 0 Å². The molecule has 20 heavy (non-hydrogen) atoms. The Morgan fingerprint density at radius 1 is 1.20 bits per heavy atom. The van der Waals surface area contributed by atoms with Crippen molar-refractivity contribution in [3.8, 4) is 0 Å². The maximum atomic E-state index is 11.9. The van der Waals surface area contributed by atoms with Crippen LogP contribution >= 0.6 is 0 Å². The van der Waals surface area contributed by atoms with Gasteiger partial charge in [0, 0.05) is 25.4 Å². The fourth-order valence-electron chi connectivity index (χ4n) is 1.67. The molecule has 0 bridgehead atoms. The third-order valence-corrected chi connectivity index (χ3v) is 4.17. The zero-order valence-corrected chi connectivity index (χ0v) is 12.8. The first-order valence-electron chi connectivity index (χ1n) is 6.93. The second kappa shape index (κ2) is 8.94. The number of nitrogens with one attached hydrogen (secondary N) is 1. The van der Waals surface area contributed by atoms with Crippen LogP contribution in [0.2, 0.25) is 0 Å². The molecule has 0 aliphatic carbocycles. The van der Waals surface area contributed by atoms with E-state index in [0.29, 0.717) is 30.8 Å². The summed E-state index contributed by atoms with van der Waals surface area (Å²) < 4.78 is 31.7. The zero-order chi connectivity index (χ0) is 14.8. The van der Waals surface area contributed by atoms with Crippen molar-refractivity contribution in [3.63, 3.8) is 0 Å². The highest BCUT2D eigenvalue weighted by atomic mass is 32.2. The van der Waals surface area contributed by atoms with E-state index in [1.165, 1.54) is 0 Å². The lowest BCUT2D eigenvalue weighted by molar-refractivity contribution is 0.130. The average molecular weight is 300 g/mol. The van der Waals surface area contributed by atoms with Crippen LogP contribution in [0.3, 0.4) is 0 Å². The molecule has 0 atom stereocenters. The topological polar surface area (TPSA) is 81.4 Å². The summed E-state index contributed by atoms with van der Waals surface area (Å²) >= 11 is 0. The van der Waals surface area contributed by atoms with Gasteiger partial charge in [0.2, 0.25) is 10.0 Å². The van der Waals surface area contributed by atoms with Gasteiger partial charge in [-0.1, -0.05) is 31.5 Å². The van der Waals surface area contributed by atoms with E-state index in [2.05, 4.69) is 11.6 Å². The molecule has 0 heterocycles. The second-order valence-corrected chi connectivity index (χ2v) is 6.48. The van der Waals surface area contributed by atoms with Gasteiger partial charge >= 0.3 is 0 Å². The van der Waals surface area contributed by atoms with Crippen LogP contribution in [0.1, 0.15) is 31.7 Å². The third-order valence-electron chi connectivity index (χ3n) is 2.83. The van der Waals surface area contributed by atoms with Crippen molar-refractivity contribution in [2.45, 2.75) is 31.9 Å². The molecule has 1 aromatic carbocycles. The molecule has 0 aliphatic rings. The second-order valence-electron chi connectivity index (χ2n) is 4.67. The minimum atomic E-state index is -3.34. The highest BCUT2D eigenvalue weighted by molar-refractivity contribution is 7.88. The normalized spacial score (nSPS) is 11.7. The van der Waals surface area contributed by atoms with Crippen molar-refractivity contribution >= 4 is 15.7 Å². The highest BCUT2D eigenvalue weighted by Crippen LogP contribution is 2.13. The molecule has 114 valence electrons. The summed E-state index contributed by atoms with van der Waals surface area (Å²) in [4.78, 5) is 0. The number of rotatable bonds is 10. The van der Waals surface area contributed by atoms with Gasteiger partial charge in [0.25, 0.3) is 0 Å². The van der Waals surface area contributed by atoms with Crippen LogP contribution in [-0.2, 0) is 20.5 Å². The molecule has 0 unspecified atom stereocenters. The molecule has 6 heteroatoms. The largest absolute Gasteiger partial charge is 0.398 e. The summed E-state index contributed by atoms with van der Waals surface area (Å²) in [7, 11) is -3.34. The average Bonchev–Trinajstić information content (AvgIpc) is 2.40. The van der Waals surface area contributed by atoms with Crippen LogP contribution in [0, 0.1) is 0 Å². The number of anilines is 1. The van der Waals surface area contributed by atoms with Gasteiger partial charge < -0.3 is 10.5 Å². The van der Waals surface area contributed by atoms with E-state index < -0.39 is 10.0 Å². The van der Waals surface area contributed by atoms with E-state index in [1.807, 2.05) is 0 Å². The number of benzene rings is 1. The van der Waals surface area contributed by atoms with Gasteiger partial charge in [-0.15, -0.1) is 0 Å². The zero-order valence-electron chi connectivity index (χ0n) is 12.0. The predicted octanol–water partition coefficient (Wildman–Crippen LogP) is 1.89. The Morgan fingerprint density at radius 2 is 1.90 bits per heavy atom. The van der Waals surface area contributed by atoms with Gasteiger partial charge in [0.1, 0.15) is 0 Å². The first-order valence-corrected chi connectivity index (χ1v) is 8.59. The number of ether oxygens (including phenoxy) is 1. The van der Waals surface area contributed by atoms with Crippen LogP contribution in [0.5, 0.6) is 0 Å². The van der Waals surface area contributed by atoms with E-state index in [-0.39, 0.29) is 5.75 Å². The van der Waals surface area contributed by atoms with E-state index in [4.69, 9.17) is 10.5 Å². The van der Waals surface area contributed by atoms with Crippen molar-refractivity contribution < 1.29 is 13.2 Å². The molecule has 1 rings (SSSR count). The van der Waals surface area contributed by atoms with Crippen LogP contribution in [-0.4, -0.2) is 28.2 Å². The minimum absolute atomic E-state index is 0.0869. The standard InChI is InChI=1S/C14H24N2O3S/c1-2-3-10-19-11-6-9-16-20(17,18)12-13-7-4-5-8-14(13)15/h4-5,7-8,16H,2-3,6,9-12,15H2,1H3. The minimum Gasteiger partial charge on any atom is -0.398 e. The monoisotopic (exact) mass is 300 g/mol. The van der Waals surface area contributed by atoms with Gasteiger partial charge in [0.15, 0.2) is 0 Å². The van der Waals surface area contributed by atoms with Crippen LogP contribution in [0.15, 0.2) is 24.3 Å². The number of hydrogen-bond donors (Lipinski definition) is 2. The van der Waals surface area contributed by atoms with Gasteiger partial charge in [0.05, 0.1) is 5.75 Å². The van der Waals surface area contributed by atoms with Crippen molar-refractivity contribution in [2.75, 3.05) is 25.5 Å². The van der Waals surface area contributed by atoms with Gasteiger partial charge in [-0.3, -0.25) is 0 Å². The van der Waals surface area contributed by atoms with Gasteiger partial charge in [-0.25, -0.2) is 13.1 Å². The molecule has 0 radical (unpaired) electrons. The molecule has 0 saturated carbocycles. The Labute approximate surface area is 121 Å². The number of para-hydroxylation sites is 1. The van der Waals surface area contributed by atoms with Crippen LogP contribution < -0.4 is 10.5 Å². The summed E-state index contributed by atoms with van der Waals surface area (Å²) in [6, 6.07) is 6.99. The van der Waals surface area contributed by atoms with E-state index in [0.717, 1.165) is 19.4 Å². The lowest BCUT2D eigenvalue weighted by atomic mass is 10.2. The number of nitrogens with two attached hydrogens (primary N) is 1. The lowest BCUT2D eigenvalue weighted by Gasteiger charge is -2.08.